The highest BCUT2D eigenvalue weighted by Gasteiger charge is 2.42. The van der Waals surface area contributed by atoms with Crippen molar-refractivity contribution in [2.75, 3.05) is 0 Å². The Hall–Kier alpha value is -3.19. The number of rotatable bonds is 6. The van der Waals surface area contributed by atoms with Crippen LogP contribution in [0.4, 0.5) is 0 Å². The van der Waals surface area contributed by atoms with Crippen LogP contribution in [0.25, 0.3) is 11.1 Å². The Morgan fingerprint density at radius 3 is 1.85 bits per heavy atom. The van der Waals surface area contributed by atoms with Crippen LogP contribution in [0.15, 0.2) is 48.5 Å². The van der Waals surface area contributed by atoms with Crippen LogP contribution in [-0.2, 0) is 19.1 Å². The molecule has 1 atom stereocenters. The Morgan fingerprint density at radius 1 is 0.885 bits per heavy atom. The zero-order chi connectivity index (χ0) is 18.9. The summed E-state index contributed by atoms with van der Waals surface area (Å²) in [5.74, 6) is -4.31. The van der Waals surface area contributed by atoms with E-state index in [0.29, 0.717) is 0 Å². The van der Waals surface area contributed by atoms with Crippen molar-refractivity contribution in [3.05, 3.63) is 59.7 Å². The maximum atomic E-state index is 12.3. The van der Waals surface area contributed by atoms with Crippen molar-refractivity contribution in [3.63, 3.8) is 0 Å². The second-order valence-electron chi connectivity index (χ2n) is 6.13. The monoisotopic (exact) mass is 356 g/mol. The molecule has 0 aliphatic heterocycles. The SMILES string of the molecule is O=C(O)CC(O)(CC(=O)OC1c2ccccc2-c2ccccc21)C(=O)O. The Labute approximate surface area is 148 Å². The molecule has 7 heteroatoms. The van der Waals surface area contributed by atoms with Gasteiger partial charge in [-0.2, -0.15) is 0 Å². The largest absolute Gasteiger partial charge is 0.481 e. The molecule has 0 amide bonds. The standard InChI is InChI=1S/C19H16O7/c20-15(21)9-19(25,18(23)24)10-16(22)26-17-13-7-3-1-5-11(13)12-6-2-4-8-14(12)17/h1-8,17,25H,9-10H2,(H,20,21)(H,23,24). The number of benzene rings is 2. The molecule has 1 unspecified atom stereocenters. The summed E-state index contributed by atoms with van der Waals surface area (Å²) in [4.78, 5) is 34.3. The highest BCUT2D eigenvalue weighted by molar-refractivity contribution is 5.89. The summed E-state index contributed by atoms with van der Waals surface area (Å²) in [5.41, 5.74) is 0.582. The molecule has 134 valence electrons. The van der Waals surface area contributed by atoms with E-state index in [2.05, 4.69) is 0 Å². The number of ether oxygens (including phenoxy) is 1. The van der Waals surface area contributed by atoms with Crippen molar-refractivity contribution in [2.24, 2.45) is 0 Å². The van der Waals surface area contributed by atoms with E-state index in [4.69, 9.17) is 14.9 Å². The van der Waals surface area contributed by atoms with Crippen molar-refractivity contribution >= 4 is 17.9 Å². The smallest absolute Gasteiger partial charge is 0.336 e. The molecule has 0 heterocycles. The molecule has 2 aromatic carbocycles. The molecule has 3 rings (SSSR count). The van der Waals surface area contributed by atoms with E-state index >= 15 is 0 Å². The number of carbonyl (C=O) groups is 3. The lowest BCUT2D eigenvalue weighted by molar-refractivity contribution is -0.173. The van der Waals surface area contributed by atoms with Gasteiger partial charge in [-0.05, 0) is 11.1 Å². The van der Waals surface area contributed by atoms with Gasteiger partial charge in [0, 0.05) is 11.1 Å². The lowest BCUT2D eigenvalue weighted by Gasteiger charge is -2.22. The average Bonchev–Trinajstić information content (AvgIpc) is 2.88. The van der Waals surface area contributed by atoms with Crippen LogP contribution in [0.3, 0.4) is 0 Å². The van der Waals surface area contributed by atoms with Gasteiger partial charge in [-0.3, -0.25) is 9.59 Å². The molecule has 26 heavy (non-hydrogen) atoms. The van der Waals surface area contributed by atoms with E-state index < -0.39 is 42.5 Å². The summed E-state index contributed by atoms with van der Waals surface area (Å²) >= 11 is 0. The normalized spacial score (nSPS) is 14.8. The number of esters is 1. The fourth-order valence-electron chi connectivity index (χ4n) is 3.11. The van der Waals surface area contributed by atoms with Crippen LogP contribution in [0, 0.1) is 0 Å². The number of hydrogen-bond donors (Lipinski definition) is 3. The molecular formula is C19H16O7. The van der Waals surface area contributed by atoms with Gasteiger partial charge in [0.15, 0.2) is 11.7 Å². The fourth-order valence-corrected chi connectivity index (χ4v) is 3.11. The number of fused-ring (bicyclic) bond motifs is 3. The molecule has 0 bridgehead atoms. The number of hydrogen-bond acceptors (Lipinski definition) is 5. The van der Waals surface area contributed by atoms with E-state index in [9.17, 15) is 19.5 Å². The summed E-state index contributed by atoms with van der Waals surface area (Å²) in [6.07, 6.45) is -2.80. The molecule has 0 spiro atoms. The van der Waals surface area contributed by atoms with Gasteiger partial charge >= 0.3 is 17.9 Å². The maximum absolute atomic E-state index is 12.3. The third-order valence-electron chi connectivity index (χ3n) is 4.30. The minimum absolute atomic E-state index is 0.738. The highest BCUT2D eigenvalue weighted by Crippen LogP contribution is 2.45. The average molecular weight is 356 g/mol. The highest BCUT2D eigenvalue weighted by atomic mass is 16.5. The summed E-state index contributed by atoms with van der Waals surface area (Å²) < 4.78 is 5.44. The molecule has 1 aliphatic rings. The van der Waals surface area contributed by atoms with Crippen molar-refractivity contribution in [2.45, 2.75) is 24.5 Å². The second-order valence-corrected chi connectivity index (χ2v) is 6.13. The predicted octanol–water partition coefficient (Wildman–Crippen LogP) is 1.98. The molecule has 0 aromatic heterocycles. The van der Waals surface area contributed by atoms with Gasteiger partial charge in [0.1, 0.15) is 0 Å². The fraction of sp³-hybridized carbons (Fsp3) is 0.211. The first-order valence-corrected chi connectivity index (χ1v) is 7.87. The van der Waals surface area contributed by atoms with Crippen LogP contribution in [0.2, 0.25) is 0 Å². The second kappa shape index (κ2) is 6.61. The molecule has 0 saturated carbocycles. The van der Waals surface area contributed by atoms with Gasteiger partial charge in [-0.15, -0.1) is 0 Å². The summed E-state index contributed by atoms with van der Waals surface area (Å²) in [6.45, 7) is 0. The first kappa shape index (κ1) is 17.6. The quantitative estimate of drug-likeness (QED) is 0.677. The molecule has 1 aliphatic carbocycles. The first-order valence-electron chi connectivity index (χ1n) is 7.87. The molecule has 0 fully saturated rings. The summed E-state index contributed by atoms with van der Waals surface area (Å²) in [7, 11) is 0. The third-order valence-corrected chi connectivity index (χ3v) is 4.30. The zero-order valence-electron chi connectivity index (χ0n) is 13.6. The molecule has 0 radical (unpaired) electrons. The van der Waals surface area contributed by atoms with Crippen molar-refractivity contribution in [1.29, 1.82) is 0 Å². The summed E-state index contributed by atoms with van der Waals surface area (Å²) in [6, 6.07) is 14.7. The van der Waals surface area contributed by atoms with Crippen LogP contribution >= 0.6 is 0 Å². The van der Waals surface area contributed by atoms with Gasteiger partial charge in [0.2, 0.25) is 0 Å². The lowest BCUT2D eigenvalue weighted by Crippen LogP contribution is -2.43. The predicted molar refractivity (Wildman–Crippen MR) is 89.3 cm³/mol. The Kier molecular flexibility index (Phi) is 4.48. The number of carbonyl (C=O) groups excluding carboxylic acids is 1. The summed E-state index contributed by atoms with van der Waals surface area (Å²) in [5, 5.41) is 27.9. The maximum Gasteiger partial charge on any atom is 0.336 e. The number of carboxylic acid groups (broad SMARTS) is 2. The number of carboxylic acids is 2. The molecular weight excluding hydrogens is 340 g/mol. The minimum Gasteiger partial charge on any atom is -0.481 e. The molecule has 0 saturated heterocycles. The van der Waals surface area contributed by atoms with Gasteiger partial charge in [0.05, 0.1) is 12.8 Å². The van der Waals surface area contributed by atoms with Gasteiger partial charge in [-0.1, -0.05) is 48.5 Å². The molecule has 3 N–H and O–H groups in total. The number of aliphatic hydroxyl groups is 1. The van der Waals surface area contributed by atoms with Crippen LogP contribution < -0.4 is 0 Å². The first-order chi connectivity index (χ1) is 12.3. The Bertz CT molecular complexity index is 843. The zero-order valence-corrected chi connectivity index (χ0v) is 13.6. The van der Waals surface area contributed by atoms with E-state index in [-0.39, 0.29) is 0 Å². The van der Waals surface area contributed by atoms with E-state index in [1.807, 2.05) is 24.3 Å². The Morgan fingerprint density at radius 2 is 1.38 bits per heavy atom. The van der Waals surface area contributed by atoms with Crippen molar-refractivity contribution in [3.8, 4) is 11.1 Å². The number of aliphatic carboxylic acids is 2. The lowest BCUT2D eigenvalue weighted by atomic mass is 9.96. The van der Waals surface area contributed by atoms with Crippen LogP contribution in [-0.4, -0.2) is 38.8 Å². The van der Waals surface area contributed by atoms with E-state index in [0.717, 1.165) is 22.3 Å². The van der Waals surface area contributed by atoms with Gasteiger partial charge in [-0.25, -0.2) is 4.79 Å². The molecule has 2 aromatic rings. The third kappa shape index (κ3) is 3.16. The topological polar surface area (TPSA) is 121 Å². The van der Waals surface area contributed by atoms with Gasteiger partial charge < -0.3 is 20.1 Å². The minimum atomic E-state index is -2.72. The molecule has 7 nitrogen and oxygen atoms in total. The van der Waals surface area contributed by atoms with Crippen LogP contribution in [0.5, 0.6) is 0 Å². The van der Waals surface area contributed by atoms with Crippen LogP contribution in [0.1, 0.15) is 30.1 Å². The van der Waals surface area contributed by atoms with Crippen molar-refractivity contribution < 1.29 is 34.4 Å². The van der Waals surface area contributed by atoms with Crippen molar-refractivity contribution in [1.82, 2.24) is 0 Å². The van der Waals surface area contributed by atoms with E-state index in [1.54, 1.807) is 24.3 Å². The van der Waals surface area contributed by atoms with E-state index in [1.165, 1.54) is 0 Å². The van der Waals surface area contributed by atoms with Gasteiger partial charge in [0.25, 0.3) is 0 Å². The Balaban J connectivity index is 1.86.